The minimum absolute atomic E-state index is 0.0236. The molecule has 1 heterocycles. The molecule has 0 N–H and O–H groups in total. The number of halogens is 2. The highest BCUT2D eigenvalue weighted by molar-refractivity contribution is 7.89. The molecule has 0 unspecified atom stereocenters. The molecule has 0 radical (unpaired) electrons. The predicted octanol–water partition coefficient (Wildman–Crippen LogP) is 6.00. The molecule has 0 aliphatic heterocycles. The molecule has 5 nitrogen and oxygen atoms in total. The summed E-state index contributed by atoms with van der Waals surface area (Å²) >= 11 is 12.0. The van der Waals surface area contributed by atoms with Gasteiger partial charge in [-0.05, 0) is 60.2 Å². The van der Waals surface area contributed by atoms with Gasteiger partial charge in [0.25, 0.3) is 10.0 Å². The molecule has 0 fully saturated rings. The van der Waals surface area contributed by atoms with E-state index in [-0.39, 0.29) is 10.6 Å². The van der Waals surface area contributed by atoms with Gasteiger partial charge >= 0.3 is 0 Å². The zero-order valence-corrected chi connectivity index (χ0v) is 18.3. The maximum Gasteiger partial charge on any atom is 0.283 e. The Hall–Kier alpha value is -3.06. The van der Waals surface area contributed by atoms with Crippen molar-refractivity contribution in [3.05, 3.63) is 112 Å². The monoisotopic (exact) mass is 470 g/mol. The van der Waals surface area contributed by atoms with Gasteiger partial charge in [-0.2, -0.15) is 13.5 Å². The lowest BCUT2D eigenvalue weighted by molar-refractivity contribution is 0.511. The molecule has 4 aromatic rings. The predicted molar refractivity (Wildman–Crippen MR) is 123 cm³/mol. The summed E-state index contributed by atoms with van der Waals surface area (Å²) in [4.78, 5) is 0.0236. The van der Waals surface area contributed by atoms with Crippen molar-refractivity contribution in [2.45, 2.75) is 4.90 Å². The SMILES string of the molecule is O=S(=O)(c1cccc(Cl)c1)n1nccc1/C(=C\c1ccccc1)Oc1ccc(Cl)cc1. The van der Waals surface area contributed by atoms with Gasteiger partial charge in [0.15, 0.2) is 5.76 Å². The summed E-state index contributed by atoms with van der Waals surface area (Å²) in [5.74, 6) is 0.802. The Morgan fingerprint density at radius 2 is 1.61 bits per heavy atom. The highest BCUT2D eigenvalue weighted by atomic mass is 35.5. The second-order valence-corrected chi connectivity index (χ2v) is 9.14. The molecule has 0 spiro atoms. The van der Waals surface area contributed by atoms with Crippen LogP contribution < -0.4 is 4.74 Å². The number of ether oxygens (including phenoxy) is 1. The lowest BCUT2D eigenvalue weighted by Crippen LogP contribution is -2.18. The molecule has 4 rings (SSSR count). The van der Waals surface area contributed by atoms with Crippen molar-refractivity contribution in [3.8, 4) is 5.75 Å². The van der Waals surface area contributed by atoms with E-state index >= 15 is 0 Å². The van der Waals surface area contributed by atoms with Crippen molar-refractivity contribution >= 4 is 45.1 Å². The Kier molecular flexibility index (Phi) is 6.13. The zero-order chi connectivity index (χ0) is 21.8. The molecule has 156 valence electrons. The Morgan fingerprint density at radius 1 is 0.871 bits per heavy atom. The van der Waals surface area contributed by atoms with Crippen molar-refractivity contribution in [1.82, 2.24) is 9.19 Å². The van der Waals surface area contributed by atoms with E-state index in [9.17, 15) is 8.42 Å². The van der Waals surface area contributed by atoms with E-state index in [0.29, 0.717) is 21.6 Å². The summed E-state index contributed by atoms with van der Waals surface area (Å²) in [6.45, 7) is 0. The van der Waals surface area contributed by atoms with Crippen LogP contribution in [0.5, 0.6) is 5.75 Å². The molecule has 0 aliphatic carbocycles. The Bertz CT molecular complexity index is 1330. The van der Waals surface area contributed by atoms with Crippen LogP contribution in [0.1, 0.15) is 11.3 Å². The molecule has 1 aromatic heterocycles. The van der Waals surface area contributed by atoms with Crippen LogP contribution in [0.15, 0.2) is 96.0 Å². The average Bonchev–Trinajstić information content (AvgIpc) is 3.26. The van der Waals surface area contributed by atoms with E-state index in [2.05, 4.69) is 5.10 Å². The maximum atomic E-state index is 13.3. The molecular weight excluding hydrogens is 455 g/mol. The van der Waals surface area contributed by atoms with Crippen LogP contribution >= 0.6 is 23.2 Å². The van der Waals surface area contributed by atoms with Crippen LogP contribution in [-0.2, 0) is 10.0 Å². The van der Waals surface area contributed by atoms with Crippen LogP contribution in [-0.4, -0.2) is 17.6 Å². The van der Waals surface area contributed by atoms with Crippen molar-refractivity contribution in [2.75, 3.05) is 0 Å². The first kappa shape index (κ1) is 21.2. The third-order valence-electron chi connectivity index (χ3n) is 4.32. The van der Waals surface area contributed by atoms with Gasteiger partial charge in [0.05, 0.1) is 11.1 Å². The molecule has 0 amide bonds. The summed E-state index contributed by atoms with van der Waals surface area (Å²) < 4.78 is 33.5. The van der Waals surface area contributed by atoms with Gasteiger partial charge in [0.2, 0.25) is 0 Å². The number of aromatic nitrogens is 2. The quantitative estimate of drug-likeness (QED) is 0.324. The summed E-state index contributed by atoms with van der Waals surface area (Å²) in [6.07, 6.45) is 3.15. The van der Waals surface area contributed by atoms with Crippen molar-refractivity contribution in [2.24, 2.45) is 0 Å². The fourth-order valence-corrected chi connectivity index (χ4v) is 4.57. The summed E-state index contributed by atoms with van der Waals surface area (Å²) in [7, 11) is -4.01. The minimum Gasteiger partial charge on any atom is -0.455 e. The third-order valence-corrected chi connectivity index (χ3v) is 6.41. The first-order valence-electron chi connectivity index (χ1n) is 9.19. The highest BCUT2D eigenvalue weighted by Gasteiger charge is 2.24. The summed E-state index contributed by atoms with van der Waals surface area (Å²) in [5, 5.41) is 4.93. The molecule has 3 aromatic carbocycles. The second-order valence-electron chi connectivity index (χ2n) is 6.50. The molecular formula is C23H16Cl2N2O3S. The van der Waals surface area contributed by atoms with Crippen LogP contribution in [0.2, 0.25) is 10.0 Å². The Morgan fingerprint density at radius 3 is 2.32 bits per heavy atom. The average molecular weight is 471 g/mol. The van der Waals surface area contributed by atoms with Gasteiger partial charge in [-0.25, -0.2) is 0 Å². The number of nitrogens with zero attached hydrogens (tertiary/aromatic N) is 2. The summed E-state index contributed by atoms with van der Waals surface area (Å²) in [6, 6.07) is 23.8. The van der Waals surface area contributed by atoms with Gasteiger partial charge in [-0.1, -0.05) is 59.6 Å². The standard InChI is InChI=1S/C23H16Cl2N2O3S/c24-18-9-11-20(12-10-18)30-23(15-17-5-2-1-3-6-17)22-13-14-26-27(22)31(28,29)21-8-4-7-19(25)16-21/h1-16H/b23-15+. The number of rotatable bonds is 6. The zero-order valence-electron chi connectivity index (χ0n) is 16.0. The van der Waals surface area contributed by atoms with Gasteiger partial charge in [0.1, 0.15) is 11.4 Å². The van der Waals surface area contributed by atoms with E-state index in [1.54, 1.807) is 48.5 Å². The fraction of sp³-hybridized carbons (Fsp3) is 0. The van der Waals surface area contributed by atoms with Crippen LogP contribution in [0.4, 0.5) is 0 Å². The fourth-order valence-electron chi connectivity index (χ4n) is 2.87. The molecule has 31 heavy (non-hydrogen) atoms. The van der Waals surface area contributed by atoms with Crippen molar-refractivity contribution in [1.29, 1.82) is 0 Å². The first-order valence-corrected chi connectivity index (χ1v) is 11.4. The molecule has 0 saturated heterocycles. The summed E-state index contributed by atoms with van der Waals surface area (Å²) in [5.41, 5.74) is 1.10. The van der Waals surface area contributed by atoms with Crippen LogP contribution in [0.3, 0.4) is 0 Å². The number of hydrogen-bond acceptors (Lipinski definition) is 4. The normalized spacial score (nSPS) is 12.0. The van der Waals surface area contributed by atoms with Crippen LogP contribution in [0.25, 0.3) is 11.8 Å². The van der Waals surface area contributed by atoms with E-state index in [4.69, 9.17) is 27.9 Å². The molecule has 0 saturated carbocycles. The van der Waals surface area contributed by atoms with E-state index in [0.717, 1.165) is 9.65 Å². The Balaban J connectivity index is 1.82. The topological polar surface area (TPSA) is 61.2 Å². The van der Waals surface area contributed by atoms with Crippen LogP contribution in [0, 0.1) is 0 Å². The smallest absolute Gasteiger partial charge is 0.283 e. The maximum absolute atomic E-state index is 13.3. The number of benzene rings is 3. The van der Waals surface area contributed by atoms with E-state index in [1.165, 1.54) is 18.3 Å². The minimum atomic E-state index is -4.01. The third kappa shape index (κ3) is 4.82. The molecule has 0 aliphatic rings. The largest absolute Gasteiger partial charge is 0.455 e. The molecule has 8 heteroatoms. The van der Waals surface area contributed by atoms with E-state index < -0.39 is 10.0 Å². The molecule has 0 atom stereocenters. The Labute approximate surface area is 190 Å². The van der Waals surface area contributed by atoms with Gasteiger partial charge < -0.3 is 4.74 Å². The van der Waals surface area contributed by atoms with Crippen molar-refractivity contribution < 1.29 is 13.2 Å². The molecule has 0 bridgehead atoms. The van der Waals surface area contributed by atoms with Gasteiger partial charge in [0, 0.05) is 10.0 Å². The highest BCUT2D eigenvalue weighted by Crippen LogP contribution is 2.27. The lowest BCUT2D eigenvalue weighted by atomic mass is 10.2. The van der Waals surface area contributed by atoms with Gasteiger partial charge in [-0.15, -0.1) is 4.09 Å². The lowest BCUT2D eigenvalue weighted by Gasteiger charge is -2.13. The first-order chi connectivity index (χ1) is 14.9. The second kappa shape index (κ2) is 8.98. The number of hydrogen-bond donors (Lipinski definition) is 0. The van der Waals surface area contributed by atoms with Gasteiger partial charge in [-0.3, -0.25) is 0 Å². The van der Waals surface area contributed by atoms with Crippen molar-refractivity contribution in [3.63, 3.8) is 0 Å². The van der Waals surface area contributed by atoms with E-state index in [1.807, 2.05) is 30.3 Å².